The lowest BCUT2D eigenvalue weighted by atomic mass is 10.2. The van der Waals surface area contributed by atoms with E-state index in [2.05, 4.69) is 10.6 Å². The first kappa shape index (κ1) is 18.8. The smallest absolute Gasteiger partial charge is 0.248 e. The van der Waals surface area contributed by atoms with Gasteiger partial charge in [0.2, 0.25) is 11.8 Å². The van der Waals surface area contributed by atoms with Crippen molar-refractivity contribution < 1.29 is 19.1 Å². The molecule has 1 heterocycles. The van der Waals surface area contributed by atoms with Crippen LogP contribution in [0.3, 0.4) is 0 Å². The highest BCUT2D eigenvalue weighted by molar-refractivity contribution is 6.34. The van der Waals surface area contributed by atoms with Crippen molar-refractivity contribution in [3.05, 3.63) is 53.1 Å². The Hall–Kier alpha value is -2.99. The fraction of sp³-hybridized carbons (Fsp3) is 0.200. The molecule has 140 valence electrons. The zero-order chi connectivity index (χ0) is 19.2. The van der Waals surface area contributed by atoms with Crippen LogP contribution in [-0.2, 0) is 9.59 Å². The Kier molecular flexibility index (Phi) is 5.98. The van der Waals surface area contributed by atoms with Crippen LogP contribution in [0, 0.1) is 0 Å². The summed E-state index contributed by atoms with van der Waals surface area (Å²) in [6.45, 7) is 2.57. The number of benzene rings is 2. The van der Waals surface area contributed by atoms with E-state index in [9.17, 15) is 9.59 Å². The van der Waals surface area contributed by atoms with Gasteiger partial charge in [-0.25, -0.2) is 0 Å². The fourth-order valence-corrected chi connectivity index (χ4v) is 2.71. The Labute approximate surface area is 162 Å². The largest absolute Gasteiger partial charge is 0.490 e. The zero-order valence-electron chi connectivity index (χ0n) is 14.8. The molecule has 1 aliphatic rings. The standard InChI is InChI=1S/C20H19ClN2O4/c1-13(24)22-15-6-3-14(4-7-15)5-8-20(25)23-17-12-19-18(11-16(17)21)26-9-2-10-27-19/h3-8,11-12H,2,9-10H2,1H3,(H,22,24)(H,23,25)/b8-5+. The fourth-order valence-electron chi connectivity index (χ4n) is 2.51. The molecule has 0 radical (unpaired) electrons. The molecule has 0 aliphatic carbocycles. The van der Waals surface area contributed by atoms with Crippen LogP contribution in [0.4, 0.5) is 11.4 Å². The average Bonchev–Trinajstić information content (AvgIpc) is 2.86. The van der Waals surface area contributed by atoms with Crippen molar-refractivity contribution in [2.24, 2.45) is 0 Å². The molecule has 2 N–H and O–H groups in total. The number of fused-ring (bicyclic) bond motifs is 1. The molecule has 2 aromatic carbocycles. The summed E-state index contributed by atoms with van der Waals surface area (Å²) in [5.41, 5.74) is 1.98. The van der Waals surface area contributed by atoms with Gasteiger partial charge in [-0.15, -0.1) is 0 Å². The summed E-state index contributed by atoms with van der Waals surface area (Å²) in [5.74, 6) is 0.678. The molecule has 6 nitrogen and oxygen atoms in total. The molecule has 0 saturated carbocycles. The molecule has 0 aromatic heterocycles. The quantitative estimate of drug-likeness (QED) is 0.775. The number of nitrogens with one attached hydrogen (secondary N) is 2. The second-order valence-corrected chi connectivity index (χ2v) is 6.36. The molecule has 0 unspecified atom stereocenters. The van der Waals surface area contributed by atoms with Gasteiger partial charge in [-0.3, -0.25) is 9.59 Å². The number of carbonyl (C=O) groups is 2. The van der Waals surface area contributed by atoms with Crippen molar-refractivity contribution in [2.75, 3.05) is 23.8 Å². The van der Waals surface area contributed by atoms with Crippen LogP contribution >= 0.6 is 11.6 Å². The summed E-state index contributed by atoms with van der Waals surface area (Å²) in [6, 6.07) is 10.4. The third-order valence-corrected chi connectivity index (χ3v) is 4.07. The maximum absolute atomic E-state index is 12.2. The van der Waals surface area contributed by atoms with Crippen LogP contribution in [0.25, 0.3) is 6.08 Å². The van der Waals surface area contributed by atoms with Crippen LogP contribution < -0.4 is 20.1 Å². The van der Waals surface area contributed by atoms with Crippen molar-refractivity contribution in [1.29, 1.82) is 0 Å². The number of rotatable bonds is 4. The van der Waals surface area contributed by atoms with E-state index in [0.717, 1.165) is 12.0 Å². The summed E-state index contributed by atoms with van der Waals surface area (Å²) in [5, 5.41) is 5.80. The van der Waals surface area contributed by atoms with Crippen molar-refractivity contribution in [3.63, 3.8) is 0 Å². The van der Waals surface area contributed by atoms with Gasteiger partial charge in [0.15, 0.2) is 11.5 Å². The summed E-state index contributed by atoms with van der Waals surface area (Å²) in [7, 11) is 0. The molecular weight excluding hydrogens is 368 g/mol. The molecule has 0 spiro atoms. The first-order chi connectivity index (χ1) is 13.0. The van der Waals surface area contributed by atoms with Crippen LogP contribution in [0.2, 0.25) is 5.02 Å². The maximum atomic E-state index is 12.2. The molecule has 0 atom stereocenters. The third kappa shape index (κ3) is 5.24. The van der Waals surface area contributed by atoms with E-state index >= 15 is 0 Å². The predicted molar refractivity (Wildman–Crippen MR) is 105 cm³/mol. The maximum Gasteiger partial charge on any atom is 0.248 e. The normalized spacial score (nSPS) is 13.1. The van der Waals surface area contributed by atoms with Crippen LogP contribution in [-0.4, -0.2) is 25.0 Å². The zero-order valence-corrected chi connectivity index (χ0v) is 15.5. The van der Waals surface area contributed by atoms with Gasteiger partial charge >= 0.3 is 0 Å². The van der Waals surface area contributed by atoms with Gasteiger partial charge in [0.1, 0.15) is 0 Å². The molecule has 7 heteroatoms. The number of halogens is 1. The topological polar surface area (TPSA) is 76.7 Å². The van der Waals surface area contributed by atoms with E-state index in [1.165, 1.54) is 13.0 Å². The number of anilines is 2. The van der Waals surface area contributed by atoms with Crippen LogP contribution in [0.15, 0.2) is 42.5 Å². The van der Waals surface area contributed by atoms with Gasteiger partial charge < -0.3 is 20.1 Å². The number of ether oxygens (including phenoxy) is 2. The van der Waals surface area contributed by atoms with Gasteiger partial charge in [-0.1, -0.05) is 23.7 Å². The number of hydrogen-bond acceptors (Lipinski definition) is 4. The molecule has 2 amide bonds. The molecule has 27 heavy (non-hydrogen) atoms. The highest BCUT2D eigenvalue weighted by Crippen LogP contribution is 2.37. The van der Waals surface area contributed by atoms with E-state index in [4.69, 9.17) is 21.1 Å². The number of carbonyl (C=O) groups excluding carboxylic acids is 2. The molecule has 0 bridgehead atoms. The lowest BCUT2D eigenvalue weighted by Crippen LogP contribution is -2.08. The van der Waals surface area contributed by atoms with E-state index in [0.29, 0.717) is 41.1 Å². The Morgan fingerprint density at radius 2 is 1.70 bits per heavy atom. The molecule has 0 fully saturated rings. The minimum atomic E-state index is -0.322. The molecule has 2 aromatic rings. The van der Waals surface area contributed by atoms with Gasteiger partial charge in [0.05, 0.1) is 23.9 Å². The van der Waals surface area contributed by atoms with Gasteiger partial charge in [0, 0.05) is 37.2 Å². The predicted octanol–water partition coefficient (Wildman–Crippen LogP) is 4.11. The van der Waals surface area contributed by atoms with E-state index < -0.39 is 0 Å². The minimum absolute atomic E-state index is 0.135. The summed E-state index contributed by atoms with van der Waals surface area (Å²) in [6.07, 6.45) is 3.87. The first-order valence-corrected chi connectivity index (χ1v) is 8.85. The first-order valence-electron chi connectivity index (χ1n) is 8.47. The Balaban J connectivity index is 1.66. The van der Waals surface area contributed by atoms with Gasteiger partial charge in [-0.2, -0.15) is 0 Å². The second-order valence-electron chi connectivity index (χ2n) is 5.96. The lowest BCUT2D eigenvalue weighted by molar-refractivity contribution is -0.114. The highest BCUT2D eigenvalue weighted by atomic mass is 35.5. The van der Waals surface area contributed by atoms with Crippen molar-refractivity contribution in [3.8, 4) is 11.5 Å². The number of amides is 2. The average molecular weight is 387 g/mol. The van der Waals surface area contributed by atoms with Gasteiger partial charge in [0.25, 0.3) is 0 Å². The van der Waals surface area contributed by atoms with Crippen molar-refractivity contribution in [2.45, 2.75) is 13.3 Å². The van der Waals surface area contributed by atoms with E-state index in [1.54, 1.807) is 42.5 Å². The number of hydrogen-bond donors (Lipinski definition) is 2. The molecular formula is C20H19ClN2O4. The van der Waals surface area contributed by atoms with E-state index in [1.807, 2.05) is 0 Å². The summed E-state index contributed by atoms with van der Waals surface area (Å²) in [4.78, 5) is 23.2. The van der Waals surface area contributed by atoms with Crippen LogP contribution in [0.1, 0.15) is 18.9 Å². The van der Waals surface area contributed by atoms with E-state index in [-0.39, 0.29) is 11.8 Å². The molecule has 3 rings (SSSR count). The Morgan fingerprint density at radius 1 is 1.04 bits per heavy atom. The second kappa shape index (κ2) is 8.60. The van der Waals surface area contributed by atoms with Crippen molar-refractivity contribution >= 4 is 40.9 Å². The van der Waals surface area contributed by atoms with Crippen LogP contribution in [0.5, 0.6) is 11.5 Å². The van der Waals surface area contributed by atoms with Gasteiger partial charge in [-0.05, 0) is 23.8 Å². The molecule has 0 saturated heterocycles. The minimum Gasteiger partial charge on any atom is -0.490 e. The SMILES string of the molecule is CC(=O)Nc1ccc(/C=C/C(=O)Nc2cc3c(cc2Cl)OCCCO3)cc1. The highest BCUT2D eigenvalue weighted by Gasteiger charge is 2.15. The monoisotopic (exact) mass is 386 g/mol. The Bertz CT molecular complexity index is 878. The lowest BCUT2D eigenvalue weighted by Gasteiger charge is -2.11. The van der Waals surface area contributed by atoms with Crippen molar-refractivity contribution in [1.82, 2.24) is 0 Å². The molecule has 1 aliphatic heterocycles. The summed E-state index contributed by atoms with van der Waals surface area (Å²) >= 11 is 6.23. The summed E-state index contributed by atoms with van der Waals surface area (Å²) < 4.78 is 11.2. The third-order valence-electron chi connectivity index (χ3n) is 3.75. The Morgan fingerprint density at radius 3 is 2.37 bits per heavy atom.